The van der Waals surface area contributed by atoms with Crippen molar-refractivity contribution in [1.82, 2.24) is 15.5 Å². The number of carbonyl (C=O) groups is 2. The first kappa shape index (κ1) is 25.3. The van der Waals surface area contributed by atoms with Crippen molar-refractivity contribution in [3.8, 4) is 0 Å². The van der Waals surface area contributed by atoms with Crippen LogP contribution in [0.3, 0.4) is 0 Å². The largest absolute Gasteiger partial charge is 0.444 e. The summed E-state index contributed by atoms with van der Waals surface area (Å²) in [5.41, 5.74) is 1.64. The number of benzene rings is 1. The molecule has 1 unspecified atom stereocenters. The zero-order valence-electron chi connectivity index (χ0n) is 19.3. The molecule has 2 amide bonds. The number of rotatable bonds is 7. The number of hydrogen-bond acceptors (Lipinski definition) is 8. The third-order valence-corrected chi connectivity index (χ3v) is 5.61. The molecule has 176 valence electrons. The van der Waals surface area contributed by atoms with E-state index in [4.69, 9.17) is 9.15 Å². The number of carbonyl (C=O) groups excluding carboxylic acids is 2. The molecule has 1 atom stereocenters. The lowest BCUT2D eigenvalue weighted by molar-refractivity contribution is -0.113. The first-order chi connectivity index (χ1) is 14.7. The quantitative estimate of drug-likeness (QED) is 0.633. The molecule has 0 bridgehead atoms. The van der Waals surface area contributed by atoms with Gasteiger partial charge in [0.2, 0.25) is 21.6 Å². The summed E-state index contributed by atoms with van der Waals surface area (Å²) in [6.45, 7) is 12.5. The zero-order valence-corrected chi connectivity index (χ0v) is 20.2. The van der Waals surface area contributed by atoms with Crippen LogP contribution in [0, 0.1) is 19.8 Å². The number of nitrogens with one attached hydrogen (secondary N) is 2. The number of aromatic nitrogens is 2. The SMILES string of the molecule is Cc1ccc(NC(=O)CS(=O)(=O)c2nnc(C(NC(=O)OC(C)(C)C)C(C)C)o2)c(C)c1. The fourth-order valence-electron chi connectivity index (χ4n) is 2.79. The first-order valence-corrected chi connectivity index (χ1v) is 11.8. The Hall–Kier alpha value is -2.95. The average Bonchev–Trinajstić information content (AvgIpc) is 3.10. The number of hydrogen-bond donors (Lipinski definition) is 2. The molecule has 2 N–H and O–H groups in total. The lowest BCUT2D eigenvalue weighted by Crippen LogP contribution is -2.37. The van der Waals surface area contributed by atoms with Gasteiger partial charge < -0.3 is 19.8 Å². The highest BCUT2D eigenvalue weighted by molar-refractivity contribution is 7.91. The Morgan fingerprint density at radius 3 is 2.38 bits per heavy atom. The highest BCUT2D eigenvalue weighted by Crippen LogP contribution is 2.23. The Labute approximate surface area is 188 Å². The van der Waals surface area contributed by atoms with Crippen LogP contribution < -0.4 is 10.6 Å². The van der Waals surface area contributed by atoms with Crippen LogP contribution in [0.15, 0.2) is 27.8 Å². The highest BCUT2D eigenvalue weighted by atomic mass is 32.2. The van der Waals surface area contributed by atoms with E-state index < -0.39 is 44.5 Å². The van der Waals surface area contributed by atoms with Gasteiger partial charge in [0, 0.05) is 5.69 Å². The Morgan fingerprint density at radius 1 is 1.16 bits per heavy atom. The van der Waals surface area contributed by atoms with E-state index in [1.165, 1.54) is 0 Å². The molecule has 0 saturated carbocycles. The third kappa shape index (κ3) is 7.04. The van der Waals surface area contributed by atoms with Gasteiger partial charge in [-0.25, -0.2) is 13.2 Å². The molecule has 10 nitrogen and oxygen atoms in total. The summed E-state index contributed by atoms with van der Waals surface area (Å²) in [6, 6.07) is 4.61. The zero-order chi connectivity index (χ0) is 24.3. The standard InChI is InChI=1S/C21H30N4O6S/c1-12(2)17(23-19(27)31-21(5,6)7)18-24-25-20(30-18)32(28,29)11-16(26)22-15-9-8-13(3)10-14(15)4/h8-10,12,17H,11H2,1-7H3,(H,22,26)(H,23,27). The maximum atomic E-state index is 12.6. The molecule has 0 aliphatic carbocycles. The van der Waals surface area contributed by atoms with Crippen LogP contribution in [0.25, 0.3) is 0 Å². The van der Waals surface area contributed by atoms with E-state index in [1.807, 2.05) is 26.0 Å². The van der Waals surface area contributed by atoms with E-state index in [1.54, 1.807) is 40.7 Å². The molecule has 1 aromatic carbocycles. The van der Waals surface area contributed by atoms with E-state index in [2.05, 4.69) is 20.8 Å². The monoisotopic (exact) mass is 466 g/mol. The Morgan fingerprint density at radius 2 is 1.81 bits per heavy atom. The molecule has 2 rings (SSSR count). The fraction of sp³-hybridized carbons (Fsp3) is 0.524. The van der Waals surface area contributed by atoms with E-state index in [0.717, 1.165) is 11.1 Å². The number of sulfone groups is 1. The van der Waals surface area contributed by atoms with Crippen molar-refractivity contribution in [2.24, 2.45) is 5.92 Å². The van der Waals surface area contributed by atoms with E-state index in [9.17, 15) is 18.0 Å². The number of aryl methyl sites for hydroxylation is 2. The molecule has 0 aliphatic rings. The van der Waals surface area contributed by atoms with Crippen LogP contribution in [0.4, 0.5) is 10.5 Å². The number of anilines is 1. The second kappa shape index (κ2) is 9.68. The van der Waals surface area contributed by atoms with E-state index >= 15 is 0 Å². The lowest BCUT2D eigenvalue weighted by atomic mass is 10.1. The van der Waals surface area contributed by atoms with Crippen molar-refractivity contribution in [2.45, 2.75) is 65.3 Å². The van der Waals surface area contributed by atoms with Crippen LogP contribution in [0.2, 0.25) is 0 Å². The van der Waals surface area contributed by atoms with Gasteiger partial charge in [0.25, 0.3) is 0 Å². The first-order valence-electron chi connectivity index (χ1n) is 10.1. The van der Waals surface area contributed by atoms with Crippen molar-refractivity contribution in [2.75, 3.05) is 11.1 Å². The summed E-state index contributed by atoms with van der Waals surface area (Å²) in [4.78, 5) is 24.4. The van der Waals surface area contributed by atoms with Gasteiger partial charge in [-0.2, -0.15) is 0 Å². The van der Waals surface area contributed by atoms with E-state index in [-0.39, 0.29) is 11.8 Å². The summed E-state index contributed by atoms with van der Waals surface area (Å²) in [6.07, 6.45) is -0.702. The van der Waals surface area contributed by atoms with Gasteiger partial charge in [0.15, 0.2) is 0 Å². The maximum Gasteiger partial charge on any atom is 0.408 e. The number of ether oxygens (including phenoxy) is 1. The molecule has 1 heterocycles. The van der Waals surface area contributed by atoms with Crippen LogP contribution in [-0.2, 0) is 19.4 Å². The number of alkyl carbamates (subject to hydrolysis) is 1. The minimum absolute atomic E-state index is 0.0979. The van der Waals surface area contributed by atoms with Gasteiger partial charge in [0.1, 0.15) is 17.4 Å². The molecule has 11 heteroatoms. The molecule has 0 radical (unpaired) electrons. The molecule has 2 aromatic rings. The van der Waals surface area contributed by atoms with Crippen LogP contribution >= 0.6 is 0 Å². The summed E-state index contributed by atoms with van der Waals surface area (Å²) >= 11 is 0. The summed E-state index contributed by atoms with van der Waals surface area (Å²) in [7, 11) is -4.19. The predicted molar refractivity (Wildman–Crippen MR) is 118 cm³/mol. The van der Waals surface area contributed by atoms with Crippen molar-refractivity contribution in [3.63, 3.8) is 0 Å². The van der Waals surface area contributed by atoms with Gasteiger partial charge in [-0.1, -0.05) is 36.6 Å². The number of amides is 2. The van der Waals surface area contributed by atoms with Gasteiger partial charge in [-0.3, -0.25) is 4.79 Å². The Kier molecular flexibility index (Phi) is 7.66. The molecule has 1 aromatic heterocycles. The van der Waals surface area contributed by atoms with Crippen molar-refractivity contribution >= 4 is 27.5 Å². The lowest BCUT2D eigenvalue weighted by Gasteiger charge is -2.23. The average molecular weight is 467 g/mol. The van der Waals surface area contributed by atoms with Gasteiger partial charge in [-0.15, -0.1) is 5.10 Å². The summed E-state index contributed by atoms with van der Waals surface area (Å²) in [5, 5.41) is 11.8. The molecule has 0 fully saturated rings. The van der Waals surface area contributed by atoms with Crippen LogP contribution in [-0.4, -0.2) is 42.0 Å². The normalized spacial score (nSPS) is 13.0. The molecule has 0 aliphatic heterocycles. The predicted octanol–water partition coefficient (Wildman–Crippen LogP) is 3.32. The smallest absolute Gasteiger partial charge is 0.408 e. The van der Waals surface area contributed by atoms with Crippen molar-refractivity contribution in [3.05, 3.63) is 35.2 Å². The van der Waals surface area contributed by atoms with Crippen molar-refractivity contribution in [1.29, 1.82) is 0 Å². The van der Waals surface area contributed by atoms with E-state index in [0.29, 0.717) is 5.69 Å². The Balaban J connectivity index is 2.13. The van der Waals surface area contributed by atoms with Gasteiger partial charge in [0.05, 0.1) is 0 Å². The molecule has 0 saturated heterocycles. The van der Waals surface area contributed by atoms with Gasteiger partial charge in [-0.05, 0) is 52.2 Å². The Bertz CT molecular complexity index is 1090. The van der Waals surface area contributed by atoms with Crippen LogP contribution in [0.1, 0.15) is 57.7 Å². The van der Waals surface area contributed by atoms with Gasteiger partial charge >= 0.3 is 11.3 Å². The topological polar surface area (TPSA) is 140 Å². The second-order valence-electron chi connectivity index (χ2n) is 8.90. The molecule has 32 heavy (non-hydrogen) atoms. The number of nitrogens with zero attached hydrogens (tertiary/aromatic N) is 2. The molecular weight excluding hydrogens is 436 g/mol. The summed E-state index contributed by atoms with van der Waals surface area (Å²) in [5.74, 6) is -1.90. The second-order valence-corrected chi connectivity index (χ2v) is 10.8. The summed E-state index contributed by atoms with van der Waals surface area (Å²) < 4.78 is 35.8. The van der Waals surface area contributed by atoms with Crippen LogP contribution in [0.5, 0.6) is 0 Å². The fourth-order valence-corrected chi connectivity index (χ4v) is 3.71. The minimum atomic E-state index is -4.19. The molecule has 0 spiro atoms. The maximum absolute atomic E-state index is 12.6. The highest BCUT2D eigenvalue weighted by Gasteiger charge is 2.31. The van der Waals surface area contributed by atoms with Crippen molar-refractivity contribution < 1.29 is 27.2 Å². The third-order valence-electron chi connectivity index (χ3n) is 4.27. The minimum Gasteiger partial charge on any atom is -0.444 e. The molecular formula is C21H30N4O6S.